The van der Waals surface area contributed by atoms with E-state index in [1.807, 2.05) is 24.3 Å². The Labute approximate surface area is 97.9 Å². The predicted molar refractivity (Wildman–Crippen MR) is 63.6 cm³/mol. The monoisotopic (exact) mass is 233 g/mol. The quantitative estimate of drug-likeness (QED) is 0.880. The van der Waals surface area contributed by atoms with E-state index in [0.29, 0.717) is 5.82 Å². The first kappa shape index (κ1) is 10.8. The van der Waals surface area contributed by atoms with E-state index >= 15 is 0 Å². The molecule has 16 heavy (non-hydrogen) atoms. The number of ether oxygens (including phenoxy) is 1. The summed E-state index contributed by atoms with van der Waals surface area (Å²) in [4.78, 5) is 9.16. The summed E-state index contributed by atoms with van der Waals surface area (Å²) in [5.41, 5.74) is 5.47. The van der Waals surface area contributed by atoms with Crippen molar-refractivity contribution in [2.24, 2.45) is 0 Å². The Morgan fingerprint density at radius 2 is 2.00 bits per heavy atom. The Morgan fingerprint density at radius 3 is 2.69 bits per heavy atom. The van der Waals surface area contributed by atoms with E-state index < -0.39 is 0 Å². The number of nitrogens with zero attached hydrogens (tertiary/aromatic N) is 2. The van der Waals surface area contributed by atoms with Gasteiger partial charge in [0, 0.05) is 0 Å². The highest BCUT2D eigenvalue weighted by molar-refractivity contribution is 7.99. The van der Waals surface area contributed by atoms with Crippen LogP contribution in [0.25, 0.3) is 0 Å². The number of methoxy groups -OCH3 is 1. The van der Waals surface area contributed by atoms with Gasteiger partial charge in [-0.25, -0.2) is 9.97 Å². The lowest BCUT2D eigenvalue weighted by Gasteiger charge is -2.06. The van der Waals surface area contributed by atoms with Gasteiger partial charge in [-0.15, -0.1) is 0 Å². The molecule has 1 aromatic carbocycles. The van der Waals surface area contributed by atoms with Crippen LogP contribution in [-0.2, 0) is 0 Å². The Balaban J connectivity index is 2.23. The lowest BCUT2D eigenvalue weighted by Crippen LogP contribution is -1.92. The first-order valence-electron chi connectivity index (χ1n) is 4.68. The van der Waals surface area contributed by atoms with Gasteiger partial charge in [-0.05, 0) is 12.1 Å². The Bertz CT molecular complexity index is 473. The van der Waals surface area contributed by atoms with Crippen molar-refractivity contribution in [1.29, 1.82) is 0 Å². The summed E-state index contributed by atoms with van der Waals surface area (Å²) in [5, 5.41) is 0.790. The average molecular weight is 233 g/mol. The Hall–Kier alpha value is -1.75. The van der Waals surface area contributed by atoms with Crippen LogP contribution in [0.2, 0.25) is 0 Å². The van der Waals surface area contributed by atoms with Crippen molar-refractivity contribution in [1.82, 2.24) is 9.97 Å². The van der Waals surface area contributed by atoms with Crippen molar-refractivity contribution < 1.29 is 4.74 Å². The molecule has 0 radical (unpaired) electrons. The van der Waals surface area contributed by atoms with Crippen LogP contribution in [0.5, 0.6) is 5.75 Å². The lowest BCUT2D eigenvalue weighted by molar-refractivity contribution is 0.405. The van der Waals surface area contributed by atoms with E-state index in [4.69, 9.17) is 10.5 Å². The van der Waals surface area contributed by atoms with Gasteiger partial charge in [0.25, 0.3) is 0 Å². The molecule has 2 rings (SSSR count). The molecule has 0 spiro atoms. The first-order valence-corrected chi connectivity index (χ1v) is 5.49. The van der Waals surface area contributed by atoms with E-state index in [2.05, 4.69) is 9.97 Å². The highest BCUT2D eigenvalue weighted by Crippen LogP contribution is 2.33. The van der Waals surface area contributed by atoms with Gasteiger partial charge in [-0.3, -0.25) is 0 Å². The summed E-state index contributed by atoms with van der Waals surface area (Å²) in [5.74, 6) is 1.25. The van der Waals surface area contributed by atoms with Crippen molar-refractivity contribution in [3.05, 3.63) is 36.7 Å². The zero-order valence-electron chi connectivity index (χ0n) is 8.75. The van der Waals surface area contributed by atoms with E-state index in [1.165, 1.54) is 18.0 Å². The number of para-hydroxylation sites is 1. The van der Waals surface area contributed by atoms with Crippen LogP contribution in [0.15, 0.2) is 46.6 Å². The largest absolute Gasteiger partial charge is 0.496 e. The number of nitrogen functional groups attached to an aromatic ring is 1. The summed E-state index contributed by atoms with van der Waals surface area (Å²) in [7, 11) is 1.65. The molecule has 5 heteroatoms. The second-order valence-corrected chi connectivity index (χ2v) is 4.09. The standard InChI is InChI=1S/C11H11N3OS/c1-15-8-4-2-3-5-9(8)16-11-7-13-10(12)6-14-11/h2-7H,1H3,(H2,12,13). The van der Waals surface area contributed by atoms with E-state index in [0.717, 1.165) is 15.7 Å². The molecule has 0 amide bonds. The van der Waals surface area contributed by atoms with Gasteiger partial charge in [-0.1, -0.05) is 23.9 Å². The maximum atomic E-state index is 5.47. The third kappa shape index (κ3) is 2.43. The third-order valence-electron chi connectivity index (χ3n) is 1.93. The van der Waals surface area contributed by atoms with Crippen molar-refractivity contribution in [3.8, 4) is 5.75 Å². The summed E-state index contributed by atoms with van der Waals surface area (Å²) in [6.07, 6.45) is 3.18. The molecule has 82 valence electrons. The molecular weight excluding hydrogens is 222 g/mol. The zero-order valence-corrected chi connectivity index (χ0v) is 9.57. The lowest BCUT2D eigenvalue weighted by atomic mass is 10.3. The van der Waals surface area contributed by atoms with Crippen LogP contribution in [-0.4, -0.2) is 17.1 Å². The summed E-state index contributed by atoms with van der Waals surface area (Å²) in [6.45, 7) is 0. The van der Waals surface area contributed by atoms with Crippen LogP contribution in [0.1, 0.15) is 0 Å². The fourth-order valence-corrected chi connectivity index (χ4v) is 2.03. The molecule has 2 aromatic rings. The average Bonchev–Trinajstić information content (AvgIpc) is 2.33. The summed E-state index contributed by atoms with van der Waals surface area (Å²) >= 11 is 1.49. The smallest absolute Gasteiger partial charge is 0.141 e. The van der Waals surface area contributed by atoms with Crippen LogP contribution in [0.3, 0.4) is 0 Å². The molecule has 1 aromatic heterocycles. The second kappa shape index (κ2) is 4.85. The molecule has 0 unspecified atom stereocenters. The number of aromatic nitrogens is 2. The molecule has 2 N–H and O–H groups in total. The van der Waals surface area contributed by atoms with Gasteiger partial charge in [0.1, 0.15) is 16.6 Å². The minimum Gasteiger partial charge on any atom is -0.496 e. The zero-order chi connectivity index (χ0) is 11.4. The van der Waals surface area contributed by atoms with Gasteiger partial charge < -0.3 is 10.5 Å². The van der Waals surface area contributed by atoms with Crippen LogP contribution < -0.4 is 10.5 Å². The molecule has 0 atom stereocenters. The maximum absolute atomic E-state index is 5.47. The van der Waals surface area contributed by atoms with E-state index in [1.54, 1.807) is 13.3 Å². The predicted octanol–water partition coefficient (Wildman–Crippen LogP) is 2.22. The first-order chi connectivity index (χ1) is 7.79. The number of rotatable bonds is 3. The van der Waals surface area contributed by atoms with Crippen LogP contribution >= 0.6 is 11.8 Å². The third-order valence-corrected chi connectivity index (χ3v) is 2.91. The van der Waals surface area contributed by atoms with Gasteiger partial charge in [0.05, 0.1) is 24.4 Å². The van der Waals surface area contributed by atoms with Gasteiger partial charge in [-0.2, -0.15) is 0 Å². The molecule has 1 heterocycles. The highest BCUT2D eigenvalue weighted by Gasteiger charge is 2.04. The number of hydrogen-bond donors (Lipinski definition) is 1. The van der Waals surface area contributed by atoms with Crippen molar-refractivity contribution in [2.45, 2.75) is 9.92 Å². The fraction of sp³-hybridized carbons (Fsp3) is 0.0909. The molecule has 0 aliphatic rings. The van der Waals surface area contributed by atoms with Crippen molar-refractivity contribution >= 4 is 17.6 Å². The van der Waals surface area contributed by atoms with Crippen molar-refractivity contribution in [2.75, 3.05) is 12.8 Å². The number of anilines is 1. The van der Waals surface area contributed by atoms with Crippen molar-refractivity contribution in [3.63, 3.8) is 0 Å². The topological polar surface area (TPSA) is 61.0 Å². The number of nitrogens with two attached hydrogens (primary N) is 1. The molecule has 0 saturated carbocycles. The molecule has 0 aliphatic carbocycles. The highest BCUT2D eigenvalue weighted by atomic mass is 32.2. The maximum Gasteiger partial charge on any atom is 0.141 e. The summed E-state index contributed by atoms with van der Waals surface area (Å²) < 4.78 is 5.25. The number of benzene rings is 1. The van der Waals surface area contributed by atoms with Gasteiger partial charge in [0.2, 0.25) is 0 Å². The molecule has 0 bridgehead atoms. The molecule has 4 nitrogen and oxygen atoms in total. The molecular formula is C11H11N3OS. The van der Waals surface area contributed by atoms with Gasteiger partial charge >= 0.3 is 0 Å². The fourth-order valence-electron chi connectivity index (χ4n) is 1.19. The number of hydrogen-bond acceptors (Lipinski definition) is 5. The molecule has 0 aliphatic heterocycles. The minimum absolute atomic E-state index is 0.421. The van der Waals surface area contributed by atoms with Gasteiger partial charge in [0.15, 0.2) is 0 Å². The Kier molecular flexibility index (Phi) is 3.26. The minimum atomic E-state index is 0.421. The SMILES string of the molecule is COc1ccccc1Sc1cnc(N)cn1. The van der Waals surface area contributed by atoms with Crippen LogP contribution in [0.4, 0.5) is 5.82 Å². The van der Waals surface area contributed by atoms with Crippen LogP contribution in [0, 0.1) is 0 Å². The van der Waals surface area contributed by atoms with E-state index in [-0.39, 0.29) is 0 Å². The Morgan fingerprint density at radius 1 is 1.19 bits per heavy atom. The van der Waals surface area contributed by atoms with E-state index in [9.17, 15) is 0 Å². The normalized spacial score (nSPS) is 10.1. The second-order valence-electron chi connectivity index (χ2n) is 3.03. The molecule has 0 saturated heterocycles. The molecule has 0 fully saturated rings. The summed E-state index contributed by atoms with van der Waals surface area (Å²) in [6, 6.07) is 7.77.